The lowest BCUT2D eigenvalue weighted by molar-refractivity contribution is 0.821. The van der Waals surface area contributed by atoms with E-state index in [-0.39, 0.29) is 0 Å². The molecule has 0 aromatic carbocycles. The van der Waals surface area contributed by atoms with Gasteiger partial charge in [0, 0.05) is 18.0 Å². The summed E-state index contributed by atoms with van der Waals surface area (Å²) in [6.07, 6.45) is 1.58. The first-order valence-corrected chi connectivity index (χ1v) is 4.48. The van der Waals surface area contributed by atoms with Gasteiger partial charge in [0.2, 0.25) is 0 Å². The van der Waals surface area contributed by atoms with Gasteiger partial charge in [-0.25, -0.2) is 9.67 Å². The number of hydrogen-bond donors (Lipinski definition) is 1. The van der Waals surface area contributed by atoms with Crippen LogP contribution in [0, 0.1) is 6.92 Å². The zero-order valence-corrected chi connectivity index (χ0v) is 8.36. The summed E-state index contributed by atoms with van der Waals surface area (Å²) in [6, 6.07) is 5.35. The highest BCUT2D eigenvalue weighted by molar-refractivity contribution is 6.30. The zero-order chi connectivity index (χ0) is 10.1. The van der Waals surface area contributed by atoms with Crippen molar-refractivity contribution in [3.05, 3.63) is 35.1 Å². The maximum atomic E-state index is 5.73. The Bertz CT molecular complexity index is 446. The highest BCUT2D eigenvalue weighted by atomic mass is 35.5. The maximum absolute atomic E-state index is 5.73. The molecule has 0 aliphatic carbocycles. The van der Waals surface area contributed by atoms with Crippen LogP contribution in [0.5, 0.6) is 0 Å². The summed E-state index contributed by atoms with van der Waals surface area (Å²) in [5.74, 6) is 1.20. The van der Waals surface area contributed by atoms with Crippen LogP contribution in [0.15, 0.2) is 24.4 Å². The van der Waals surface area contributed by atoms with E-state index in [4.69, 9.17) is 17.3 Å². The van der Waals surface area contributed by atoms with Crippen molar-refractivity contribution < 1.29 is 0 Å². The van der Waals surface area contributed by atoms with Gasteiger partial charge in [-0.15, -0.1) is 5.10 Å². The molecule has 4 nitrogen and oxygen atoms in total. The number of hydrogen-bond acceptors (Lipinski definition) is 3. The Kier molecular flexibility index (Phi) is 2.13. The standard InChI is InChI=1S/C9H9ClN4/c1-6-4-8(11)13-14(6)9-3-2-7(10)5-12-9/h2-5H,1H3,(H2,11,13). The van der Waals surface area contributed by atoms with Gasteiger partial charge >= 0.3 is 0 Å². The average Bonchev–Trinajstić information content (AvgIpc) is 2.47. The molecule has 0 radical (unpaired) electrons. The molecule has 14 heavy (non-hydrogen) atoms. The van der Waals surface area contributed by atoms with E-state index in [1.54, 1.807) is 29.1 Å². The summed E-state index contributed by atoms with van der Waals surface area (Å²) >= 11 is 5.73. The molecular formula is C9H9ClN4. The van der Waals surface area contributed by atoms with Gasteiger partial charge in [0.05, 0.1) is 5.02 Å². The van der Waals surface area contributed by atoms with E-state index in [0.29, 0.717) is 16.7 Å². The van der Waals surface area contributed by atoms with Crippen molar-refractivity contribution in [3.63, 3.8) is 0 Å². The number of nitrogens with zero attached hydrogens (tertiary/aromatic N) is 3. The molecule has 0 fully saturated rings. The predicted octanol–water partition coefficient (Wildman–Crippen LogP) is 1.81. The Hall–Kier alpha value is -1.55. The first-order valence-electron chi connectivity index (χ1n) is 4.11. The van der Waals surface area contributed by atoms with Crippen molar-refractivity contribution in [1.29, 1.82) is 0 Å². The van der Waals surface area contributed by atoms with Gasteiger partial charge < -0.3 is 5.73 Å². The van der Waals surface area contributed by atoms with Crippen LogP contribution in [-0.2, 0) is 0 Å². The van der Waals surface area contributed by atoms with Crippen LogP contribution in [0.4, 0.5) is 5.82 Å². The smallest absolute Gasteiger partial charge is 0.153 e. The van der Waals surface area contributed by atoms with Gasteiger partial charge in [-0.2, -0.15) is 0 Å². The molecule has 0 atom stereocenters. The first kappa shape index (κ1) is 9.02. The molecule has 2 rings (SSSR count). The van der Waals surface area contributed by atoms with E-state index in [2.05, 4.69) is 10.1 Å². The molecule has 0 aliphatic heterocycles. The highest BCUT2D eigenvalue weighted by Gasteiger charge is 2.04. The summed E-state index contributed by atoms with van der Waals surface area (Å²) in [6.45, 7) is 1.92. The molecule has 2 aromatic rings. The Morgan fingerprint density at radius 1 is 1.43 bits per heavy atom. The van der Waals surface area contributed by atoms with Crippen molar-refractivity contribution in [3.8, 4) is 5.82 Å². The average molecular weight is 209 g/mol. The molecule has 0 saturated heterocycles. The Morgan fingerprint density at radius 2 is 2.21 bits per heavy atom. The first-order chi connectivity index (χ1) is 6.66. The van der Waals surface area contributed by atoms with Gasteiger partial charge in [-0.05, 0) is 19.1 Å². The van der Waals surface area contributed by atoms with Crippen LogP contribution in [-0.4, -0.2) is 14.8 Å². The van der Waals surface area contributed by atoms with Gasteiger partial charge in [0.15, 0.2) is 5.82 Å². The Balaban J connectivity index is 2.49. The second-order valence-corrected chi connectivity index (χ2v) is 3.39. The van der Waals surface area contributed by atoms with Gasteiger partial charge in [0.1, 0.15) is 5.82 Å². The van der Waals surface area contributed by atoms with Gasteiger partial charge in [0.25, 0.3) is 0 Å². The number of pyridine rings is 1. The lowest BCUT2D eigenvalue weighted by Gasteiger charge is -2.01. The fraction of sp³-hybridized carbons (Fsp3) is 0.111. The third-order valence-corrected chi connectivity index (χ3v) is 2.06. The zero-order valence-electron chi connectivity index (χ0n) is 7.61. The SMILES string of the molecule is Cc1cc(N)nn1-c1ccc(Cl)cn1. The number of nitrogen functional groups attached to an aromatic ring is 1. The Morgan fingerprint density at radius 3 is 2.71 bits per heavy atom. The van der Waals surface area contributed by atoms with E-state index < -0.39 is 0 Å². The monoisotopic (exact) mass is 208 g/mol. The Labute approximate surface area is 86.3 Å². The predicted molar refractivity (Wildman–Crippen MR) is 55.5 cm³/mol. The maximum Gasteiger partial charge on any atom is 0.153 e. The molecule has 0 bridgehead atoms. The van der Waals surface area contributed by atoms with E-state index >= 15 is 0 Å². The fourth-order valence-electron chi connectivity index (χ4n) is 1.22. The minimum absolute atomic E-state index is 0.485. The van der Waals surface area contributed by atoms with Crippen LogP contribution in [0.25, 0.3) is 5.82 Å². The quantitative estimate of drug-likeness (QED) is 0.778. The minimum atomic E-state index is 0.485. The number of aromatic nitrogens is 3. The molecule has 0 aliphatic rings. The summed E-state index contributed by atoms with van der Waals surface area (Å²) in [4.78, 5) is 4.14. The molecule has 2 heterocycles. The number of nitrogens with two attached hydrogens (primary N) is 1. The third kappa shape index (κ3) is 1.56. The van der Waals surface area contributed by atoms with Crippen molar-refractivity contribution in [2.75, 3.05) is 5.73 Å². The van der Waals surface area contributed by atoms with E-state index in [1.807, 2.05) is 6.92 Å². The van der Waals surface area contributed by atoms with E-state index in [9.17, 15) is 0 Å². The second kappa shape index (κ2) is 3.31. The lowest BCUT2D eigenvalue weighted by atomic mass is 10.4. The number of rotatable bonds is 1. The molecule has 2 aromatic heterocycles. The summed E-state index contributed by atoms with van der Waals surface area (Å²) in [7, 11) is 0. The van der Waals surface area contributed by atoms with Crippen molar-refractivity contribution >= 4 is 17.4 Å². The van der Waals surface area contributed by atoms with Crippen LogP contribution in [0.2, 0.25) is 5.02 Å². The largest absolute Gasteiger partial charge is 0.382 e. The second-order valence-electron chi connectivity index (χ2n) is 2.96. The fourth-order valence-corrected chi connectivity index (χ4v) is 1.34. The van der Waals surface area contributed by atoms with Crippen LogP contribution in [0.1, 0.15) is 5.69 Å². The normalized spacial score (nSPS) is 10.4. The topological polar surface area (TPSA) is 56.7 Å². The summed E-state index contributed by atoms with van der Waals surface area (Å²) < 4.78 is 1.67. The molecular weight excluding hydrogens is 200 g/mol. The number of halogens is 1. The lowest BCUT2D eigenvalue weighted by Crippen LogP contribution is -2.01. The molecule has 0 unspecified atom stereocenters. The van der Waals surface area contributed by atoms with E-state index in [0.717, 1.165) is 5.69 Å². The molecule has 0 amide bonds. The van der Waals surface area contributed by atoms with Crippen molar-refractivity contribution in [1.82, 2.24) is 14.8 Å². The van der Waals surface area contributed by atoms with Crippen LogP contribution >= 0.6 is 11.6 Å². The molecule has 0 saturated carbocycles. The molecule has 5 heteroatoms. The molecule has 2 N–H and O–H groups in total. The number of aryl methyl sites for hydroxylation is 1. The summed E-state index contributed by atoms with van der Waals surface area (Å²) in [5, 5.41) is 4.70. The van der Waals surface area contributed by atoms with Gasteiger partial charge in [-0.3, -0.25) is 0 Å². The van der Waals surface area contributed by atoms with Crippen LogP contribution < -0.4 is 5.73 Å². The van der Waals surface area contributed by atoms with Crippen molar-refractivity contribution in [2.24, 2.45) is 0 Å². The van der Waals surface area contributed by atoms with Gasteiger partial charge in [-0.1, -0.05) is 11.6 Å². The highest BCUT2D eigenvalue weighted by Crippen LogP contribution is 2.13. The molecule has 0 spiro atoms. The van der Waals surface area contributed by atoms with Crippen molar-refractivity contribution in [2.45, 2.75) is 6.92 Å². The van der Waals surface area contributed by atoms with E-state index in [1.165, 1.54) is 0 Å². The number of anilines is 1. The van der Waals surface area contributed by atoms with Crippen LogP contribution in [0.3, 0.4) is 0 Å². The third-order valence-electron chi connectivity index (χ3n) is 1.84. The summed E-state index contributed by atoms with van der Waals surface area (Å²) in [5.41, 5.74) is 6.50. The molecule has 72 valence electrons. The minimum Gasteiger partial charge on any atom is -0.382 e.